The number of hydrogen-bond donors (Lipinski definition) is 1. The van der Waals surface area contributed by atoms with Crippen LogP contribution >= 0.6 is 11.8 Å². The summed E-state index contributed by atoms with van der Waals surface area (Å²) in [5.74, 6) is 0.320. The molecular formula is C9H10N2O2S. The number of rotatable bonds is 3. The average molecular weight is 210 g/mol. The molecule has 1 N–H and O–H groups in total. The molecule has 0 fully saturated rings. The fourth-order valence-corrected chi connectivity index (χ4v) is 1.44. The van der Waals surface area contributed by atoms with Crippen LogP contribution in [0.15, 0.2) is 9.95 Å². The lowest BCUT2D eigenvalue weighted by atomic mass is 10.5. The van der Waals surface area contributed by atoms with Gasteiger partial charge in [0.1, 0.15) is 5.78 Å². The molecule has 0 saturated heterocycles. The molecule has 1 aromatic heterocycles. The van der Waals surface area contributed by atoms with Crippen LogP contribution in [0.3, 0.4) is 0 Å². The summed E-state index contributed by atoms with van der Waals surface area (Å²) in [5, 5.41) is 1.01. The van der Waals surface area contributed by atoms with Gasteiger partial charge in [0.15, 0.2) is 5.16 Å². The van der Waals surface area contributed by atoms with Crippen molar-refractivity contribution in [2.45, 2.75) is 12.1 Å². The molecule has 1 aromatic rings. The third-order valence-electron chi connectivity index (χ3n) is 1.49. The number of thioether (sulfide) groups is 1. The molecule has 0 aromatic carbocycles. The minimum Gasteiger partial charge on any atom is -0.301 e. The quantitative estimate of drug-likeness (QED) is 0.528. The molecule has 1 heterocycles. The van der Waals surface area contributed by atoms with Crippen LogP contribution in [0.5, 0.6) is 0 Å². The number of carbonyl (C=O) groups is 1. The van der Waals surface area contributed by atoms with E-state index >= 15 is 0 Å². The van der Waals surface area contributed by atoms with Gasteiger partial charge >= 0.3 is 0 Å². The van der Waals surface area contributed by atoms with Gasteiger partial charge in [0.05, 0.1) is 16.3 Å². The van der Waals surface area contributed by atoms with Gasteiger partial charge in [-0.1, -0.05) is 24.9 Å². The zero-order valence-electron chi connectivity index (χ0n) is 7.79. The van der Waals surface area contributed by atoms with E-state index in [1.54, 1.807) is 0 Å². The molecule has 0 unspecified atom stereocenters. The topological polar surface area (TPSA) is 62.8 Å². The highest BCUT2D eigenvalue weighted by molar-refractivity contribution is 7.99. The maximum absolute atomic E-state index is 11.2. The number of carbonyl (C=O) groups excluding carboxylic acids is 1. The average Bonchev–Trinajstić information content (AvgIpc) is 2.10. The molecule has 4 nitrogen and oxygen atoms in total. The predicted molar refractivity (Wildman–Crippen MR) is 56.6 cm³/mol. The number of nitrogens with zero attached hydrogens (tertiary/aromatic N) is 1. The third-order valence-corrected chi connectivity index (χ3v) is 2.51. The van der Waals surface area contributed by atoms with Crippen LogP contribution in [0.1, 0.15) is 6.92 Å². The van der Waals surface area contributed by atoms with Crippen LogP contribution in [-0.4, -0.2) is 21.5 Å². The second kappa shape index (κ2) is 4.23. The molecule has 0 spiro atoms. The van der Waals surface area contributed by atoms with Gasteiger partial charge in [0.2, 0.25) is 0 Å². The Morgan fingerprint density at radius 1 is 1.57 bits per heavy atom. The first-order chi connectivity index (χ1) is 6.50. The normalized spacial score (nSPS) is 10.1. The second-order valence-corrected chi connectivity index (χ2v) is 3.75. The van der Waals surface area contributed by atoms with Crippen molar-refractivity contribution in [3.63, 3.8) is 0 Å². The zero-order chi connectivity index (χ0) is 10.7. The Balaban J connectivity index is 3.02. The van der Waals surface area contributed by atoms with E-state index in [2.05, 4.69) is 23.1 Å². The summed E-state index contributed by atoms with van der Waals surface area (Å²) in [5.41, 5.74) is -0.309. The summed E-state index contributed by atoms with van der Waals surface area (Å²) in [4.78, 5) is 28.4. The van der Waals surface area contributed by atoms with Crippen molar-refractivity contribution in [2.24, 2.45) is 0 Å². The van der Waals surface area contributed by atoms with Crippen LogP contribution in [0.2, 0.25) is 0 Å². The molecule has 0 atom stereocenters. The summed E-state index contributed by atoms with van der Waals surface area (Å²) in [6.07, 6.45) is 0. The second-order valence-electron chi connectivity index (χ2n) is 2.79. The van der Waals surface area contributed by atoms with Gasteiger partial charge in [-0.3, -0.25) is 9.59 Å². The predicted octanol–water partition coefficient (Wildman–Crippen LogP) is -0.728. The standard InChI is InChI=1S/C9H10N2O2S/c1-5(12)4-14-9-10-7(3)6(2)8(13)11-9/h2-4H2,1H3,(H,10,11,13). The van der Waals surface area contributed by atoms with Crippen molar-refractivity contribution in [2.75, 3.05) is 5.75 Å². The Morgan fingerprint density at radius 3 is 2.71 bits per heavy atom. The van der Waals surface area contributed by atoms with Crippen molar-refractivity contribution >= 4 is 30.7 Å². The Bertz CT molecular complexity index is 472. The first kappa shape index (κ1) is 10.7. The van der Waals surface area contributed by atoms with E-state index in [0.29, 0.717) is 16.3 Å². The van der Waals surface area contributed by atoms with Crippen LogP contribution in [-0.2, 0) is 4.79 Å². The van der Waals surface area contributed by atoms with Crippen LogP contribution in [0, 0.1) is 0 Å². The number of hydrogen-bond acceptors (Lipinski definition) is 4. The maximum Gasteiger partial charge on any atom is 0.258 e. The van der Waals surface area contributed by atoms with Crippen molar-refractivity contribution in [1.82, 2.24) is 9.97 Å². The fourth-order valence-electron chi connectivity index (χ4n) is 0.760. The van der Waals surface area contributed by atoms with E-state index in [4.69, 9.17) is 0 Å². The van der Waals surface area contributed by atoms with Gasteiger partial charge in [0, 0.05) is 0 Å². The molecule has 0 bridgehead atoms. The number of ketones is 1. The lowest BCUT2D eigenvalue weighted by Gasteiger charge is -1.97. The highest BCUT2D eigenvalue weighted by Crippen LogP contribution is 2.07. The van der Waals surface area contributed by atoms with Gasteiger partial charge in [-0.15, -0.1) is 0 Å². The minimum absolute atomic E-state index is 0.0296. The van der Waals surface area contributed by atoms with Gasteiger partial charge < -0.3 is 4.98 Å². The van der Waals surface area contributed by atoms with Crippen LogP contribution in [0.4, 0.5) is 0 Å². The van der Waals surface area contributed by atoms with Crippen LogP contribution in [0.25, 0.3) is 13.2 Å². The third kappa shape index (κ3) is 2.56. The van der Waals surface area contributed by atoms with Crippen molar-refractivity contribution in [3.05, 3.63) is 20.9 Å². The molecule has 0 aliphatic carbocycles. The summed E-state index contributed by atoms with van der Waals surface area (Å²) in [7, 11) is 0. The van der Waals surface area contributed by atoms with E-state index < -0.39 is 0 Å². The molecule has 14 heavy (non-hydrogen) atoms. The van der Waals surface area contributed by atoms with E-state index in [1.807, 2.05) is 0 Å². The van der Waals surface area contributed by atoms with Crippen LogP contribution < -0.4 is 16.1 Å². The summed E-state index contributed by atoms with van der Waals surface area (Å²) in [6.45, 7) is 8.57. The minimum atomic E-state index is -0.309. The molecular weight excluding hydrogens is 200 g/mol. The highest BCUT2D eigenvalue weighted by atomic mass is 32.2. The summed E-state index contributed by atoms with van der Waals surface area (Å²) >= 11 is 1.18. The van der Waals surface area contributed by atoms with Gasteiger partial charge in [-0.25, -0.2) is 4.98 Å². The SMILES string of the molecule is C=c1nc(SCC(C)=O)[nH]c(=O)c1=C. The number of Topliss-reactive ketones (excluding diaryl/α,β-unsaturated/α-hetero) is 1. The monoisotopic (exact) mass is 210 g/mol. The highest BCUT2D eigenvalue weighted by Gasteiger charge is 2.00. The lowest BCUT2D eigenvalue weighted by Crippen LogP contribution is -2.41. The Kier molecular flexibility index (Phi) is 3.24. The first-order valence-corrected chi connectivity index (χ1v) is 4.89. The van der Waals surface area contributed by atoms with E-state index in [9.17, 15) is 9.59 Å². The van der Waals surface area contributed by atoms with Gasteiger partial charge in [-0.2, -0.15) is 0 Å². The Labute approximate surface area is 84.8 Å². The maximum atomic E-state index is 11.2. The number of aromatic nitrogens is 2. The summed E-state index contributed by atoms with van der Waals surface area (Å²) in [6, 6.07) is 0. The van der Waals surface area contributed by atoms with Crippen molar-refractivity contribution < 1.29 is 4.79 Å². The van der Waals surface area contributed by atoms with Gasteiger partial charge in [0.25, 0.3) is 5.56 Å². The molecule has 0 aliphatic rings. The van der Waals surface area contributed by atoms with Crippen molar-refractivity contribution in [3.8, 4) is 0 Å². The number of nitrogens with one attached hydrogen (secondary N) is 1. The first-order valence-electron chi connectivity index (χ1n) is 3.91. The molecule has 0 amide bonds. The number of aromatic amines is 1. The molecule has 0 aliphatic heterocycles. The Morgan fingerprint density at radius 2 is 2.21 bits per heavy atom. The zero-order valence-corrected chi connectivity index (χ0v) is 8.61. The van der Waals surface area contributed by atoms with E-state index in [0.717, 1.165) is 0 Å². The van der Waals surface area contributed by atoms with E-state index in [1.165, 1.54) is 18.7 Å². The largest absolute Gasteiger partial charge is 0.301 e. The molecule has 74 valence electrons. The Hall–Kier alpha value is -1.36. The molecule has 0 radical (unpaired) electrons. The summed E-state index contributed by atoms with van der Waals surface area (Å²) < 4.78 is 0. The molecule has 1 rings (SSSR count). The van der Waals surface area contributed by atoms with Gasteiger partial charge in [-0.05, 0) is 6.92 Å². The molecule has 5 heteroatoms. The fraction of sp³-hybridized carbons (Fsp3) is 0.222. The lowest BCUT2D eigenvalue weighted by molar-refractivity contribution is -0.114. The molecule has 0 saturated carbocycles. The number of H-pyrrole nitrogens is 1. The van der Waals surface area contributed by atoms with Crippen molar-refractivity contribution in [1.29, 1.82) is 0 Å². The van der Waals surface area contributed by atoms with E-state index in [-0.39, 0.29) is 16.6 Å². The smallest absolute Gasteiger partial charge is 0.258 e.